The van der Waals surface area contributed by atoms with Gasteiger partial charge in [0.25, 0.3) is 0 Å². The van der Waals surface area contributed by atoms with Crippen LogP contribution in [0.3, 0.4) is 0 Å². The van der Waals surface area contributed by atoms with E-state index in [1.165, 1.54) is 11.8 Å². The maximum absolute atomic E-state index is 12.0. The highest BCUT2D eigenvalue weighted by Crippen LogP contribution is 2.23. The first kappa shape index (κ1) is 16.0. The molecule has 1 aromatic carbocycles. The molecule has 7 nitrogen and oxygen atoms in total. The molecule has 1 amide bonds. The number of nitrogens with zero attached hydrogens (tertiary/aromatic N) is 4. The number of rotatable bonds is 5. The largest absolute Gasteiger partial charge is 0.399 e. The van der Waals surface area contributed by atoms with Gasteiger partial charge in [-0.1, -0.05) is 17.8 Å². The summed E-state index contributed by atoms with van der Waals surface area (Å²) in [6.45, 7) is 0. The molecule has 2 aromatic heterocycles. The van der Waals surface area contributed by atoms with Gasteiger partial charge in [0.2, 0.25) is 5.91 Å². The van der Waals surface area contributed by atoms with Crippen LogP contribution in [0.4, 0.5) is 11.5 Å². The topological polar surface area (TPSA) is 98.7 Å². The van der Waals surface area contributed by atoms with Crippen molar-refractivity contribution in [2.24, 2.45) is 7.05 Å². The second kappa shape index (κ2) is 7.14. The lowest BCUT2D eigenvalue weighted by Gasteiger charge is -2.05. The van der Waals surface area contributed by atoms with E-state index in [1.54, 1.807) is 18.3 Å². The molecule has 3 rings (SSSR count). The van der Waals surface area contributed by atoms with Gasteiger partial charge >= 0.3 is 0 Å². The van der Waals surface area contributed by atoms with Gasteiger partial charge in [0, 0.05) is 24.5 Å². The number of anilines is 2. The van der Waals surface area contributed by atoms with Crippen LogP contribution in [-0.4, -0.2) is 31.4 Å². The predicted molar refractivity (Wildman–Crippen MR) is 94.4 cm³/mol. The molecule has 0 aliphatic heterocycles. The van der Waals surface area contributed by atoms with Crippen molar-refractivity contribution in [1.29, 1.82) is 0 Å². The third-order valence-corrected chi connectivity index (χ3v) is 4.29. The van der Waals surface area contributed by atoms with Crippen LogP contribution < -0.4 is 11.1 Å². The minimum Gasteiger partial charge on any atom is -0.399 e. The number of hydrogen-bond donors (Lipinski definition) is 2. The fourth-order valence-corrected chi connectivity index (χ4v) is 2.78. The van der Waals surface area contributed by atoms with E-state index in [0.29, 0.717) is 16.7 Å². The Hall–Kier alpha value is -2.87. The highest BCUT2D eigenvalue weighted by molar-refractivity contribution is 7.99. The number of aromatic nitrogens is 4. The molecule has 0 aliphatic carbocycles. The molecular formula is C16H16N6OS. The fraction of sp³-hybridized carbons (Fsp3) is 0.125. The lowest BCUT2D eigenvalue weighted by molar-refractivity contribution is -0.113. The third kappa shape index (κ3) is 3.72. The lowest BCUT2D eigenvalue weighted by atomic mass is 10.2. The number of carbonyl (C=O) groups is 1. The van der Waals surface area contributed by atoms with Crippen LogP contribution in [-0.2, 0) is 11.8 Å². The summed E-state index contributed by atoms with van der Waals surface area (Å²) in [5.74, 6) is 1.34. The Kier molecular flexibility index (Phi) is 4.76. The standard InChI is InChI=1S/C16H16N6OS/c1-22-15(11-5-7-12(17)8-6-11)20-21-16(22)24-10-14(23)19-13-4-2-3-9-18-13/h2-9H,10,17H2,1H3,(H,18,19,23). The van der Waals surface area contributed by atoms with Crippen LogP contribution >= 0.6 is 11.8 Å². The molecule has 0 aliphatic rings. The first-order chi connectivity index (χ1) is 11.6. The zero-order chi connectivity index (χ0) is 16.9. The van der Waals surface area contributed by atoms with Crippen molar-refractivity contribution in [3.8, 4) is 11.4 Å². The normalized spacial score (nSPS) is 10.5. The number of benzene rings is 1. The average molecular weight is 340 g/mol. The number of carbonyl (C=O) groups excluding carboxylic acids is 1. The number of hydrogen-bond acceptors (Lipinski definition) is 6. The molecule has 0 spiro atoms. The predicted octanol–water partition coefficient (Wildman–Crippen LogP) is 2.19. The van der Waals surface area contributed by atoms with Crippen LogP contribution in [0.5, 0.6) is 0 Å². The monoisotopic (exact) mass is 340 g/mol. The van der Waals surface area contributed by atoms with E-state index in [1.807, 2.05) is 41.9 Å². The zero-order valence-corrected chi connectivity index (χ0v) is 13.8. The van der Waals surface area contributed by atoms with Crippen molar-refractivity contribution in [2.75, 3.05) is 16.8 Å². The van der Waals surface area contributed by atoms with Crippen molar-refractivity contribution in [3.05, 3.63) is 48.7 Å². The van der Waals surface area contributed by atoms with E-state index in [-0.39, 0.29) is 11.7 Å². The minimum absolute atomic E-state index is 0.143. The molecule has 0 unspecified atom stereocenters. The molecular weight excluding hydrogens is 324 g/mol. The SMILES string of the molecule is Cn1c(SCC(=O)Nc2ccccn2)nnc1-c1ccc(N)cc1. The quantitative estimate of drug-likeness (QED) is 0.546. The number of nitrogens with two attached hydrogens (primary N) is 1. The average Bonchev–Trinajstić information content (AvgIpc) is 2.95. The zero-order valence-electron chi connectivity index (χ0n) is 13.0. The summed E-state index contributed by atoms with van der Waals surface area (Å²) in [6, 6.07) is 12.8. The summed E-state index contributed by atoms with van der Waals surface area (Å²) < 4.78 is 1.85. The summed E-state index contributed by atoms with van der Waals surface area (Å²) in [7, 11) is 1.87. The second-order valence-electron chi connectivity index (χ2n) is 5.04. The van der Waals surface area contributed by atoms with Crippen molar-refractivity contribution >= 4 is 29.2 Å². The maximum Gasteiger partial charge on any atom is 0.236 e. The molecule has 0 saturated carbocycles. The van der Waals surface area contributed by atoms with E-state index < -0.39 is 0 Å². The number of nitrogen functional groups attached to an aromatic ring is 1. The van der Waals surface area contributed by atoms with E-state index in [4.69, 9.17) is 5.73 Å². The maximum atomic E-state index is 12.0. The molecule has 0 atom stereocenters. The smallest absolute Gasteiger partial charge is 0.236 e. The Bertz CT molecular complexity index is 832. The van der Waals surface area contributed by atoms with Gasteiger partial charge in [-0.25, -0.2) is 4.98 Å². The first-order valence-corrected chi connectivity index (χ1v) is 8.21. The molecule has 2 heterocycles. The highest BCUT2D eigenvalue weighted by atomic mass is 32.2. The molecule has 0 fully saturated rings. The van der Waals surface area contributed by atoms with Crippen LogP contribution in [0.1, 0.15) is 0 Å². The van der Waals surface area contributed by atoms with E-state index in [0.717, 1.165) is 11.4 Å². The molecule has 3 N–H and O–H groups in total. The Labute approximate surface area is 143 Å². The number of pyridine rings is 1. The summed E-state index contributed by atoms with van der Waals surface area (Å²) in [4.78, 5) is 16.0. The lowest BCUT2D eigenvalue weighted by Crippen LogP contribution is -2.15. The Morgan fingerprint density at radius 3 is 2.71 bits per heavy atom. The van der Waals surface area contributed by atoms with Gasteiger partial charge in [-0.3, -0.25) is 4.79 Å². The summed E-state index contributed by atoms with van der Waals surface area (Å²) in [5.41, 5.74) is 7.31. The van der Waals surface area contributed by atoms with Gasteiger partial charge in [0.1, 0.15) is 5.82 Å². The fourth-order valence-electron chi connectivity index (χ4n) is 2.07. The van der Waals surface area contributed by atoms with Gasteiger partial charge < -0.3 is 15.6 Å². The summed E-state index contributed by atoms with van der Waals surface area (Å²) in [5, 5.41) is 11.7. The first-order valence-electron chi connectivity index (χ1n) is 7.22. The van der Waals surface area contributed by atoms with E-state index in [9.17, 15) is 4.79 Å². The van der Waals surface area contributed by atoms with Gasteiger partial charge in [-0.05, 0) is 36.4 Å². The van der Waals surface area contributed by atoms with Gasteiger partial charge in [-0.15, -0.1) is 10.2 Å². The van der Waals surface area contributed by atoms with Crippen LogP contribution in [0.2, 0.25) is 0 Å². The van der Waals surface area contributed by atoms with Gasteiger partial charge in [-0.2, -0.15) is 0 Å². The highest BCUT2D eigenvalue weighted by Gasteiger charge is 2.13. The molecule has 3 aromatic rings. The Balaban J connectivity index is 1.64. The molecule has 24 heavy (non-hydrogen) atoms. The van der Waals surface area contributed by atoms with Crippen molar-refractivity contribution < 1.29 is 4.79 Å². The summed E-state index contributed by atoms with van der Waals surface area (Å²) in [6.07, 6.45) is 1.63. The number of thioether (sulfide) groups is 1. The molecule has 0 saturated heterocycles. The van der Waals surface area contributed by atoms with Gasteiger partial charge in [0.05, 0.1) is 5.75 Å². The van der Waals surface area contributed by atoms with Gasteiger partial charge in [0.15, 0.2) is 11.0 Å². The number of amides is 1. The molecule has 122 valence electrons. The summed E-state index contributed by atoms with van der Waals surface area (Å²) >= 11 is 1.32. The van der Waals surface area contributed by atoms with Crippen molar-refractivity contribution in [2.45, 2.75) is 5.16 Å². The van der Waals surface area contributed by atoms with Crippen LogP contribution in [0, 0.1) is 0 Å². The van der Waals surface area contributed by atoms with E-state index in [2.05, 4.69) is 20.5 Å². The third-order valence-electron chi connectivity index (χ3n) is 3.27. The van der Waals surface area contributed by atoms with Crippen LogP contribution in [0.25, 0.3) is 11.4 Å². The minimum atomic E-state index is -0.143. The Morgan fingerprint density at radius 2 is 2.00 bits per heavy atom. The van der Waals surface area contributed by atoms with Crippen molar-refractivity contribution in [1.82, 2.24) is 19.7 Å². The molecule has 0 bridgehead atoms. The molecule has 8 heteroatoms. The van der Waals surface area contributed by atoms with Crippen LogP contribution in [0.15, 0.2) is 53.8 Å². The van der Waals surface area contributed by atoms with E-state index >= 15 is 0 Å². The van der Waals surface area contributed by atoms with Crippen molar-refractivity contribution in [3.63, 3.8) is 0 Å². The second-order valence-corrected chi connectivity index (χ2v) is 5.98. The Morgan fingerprint density at radius 1 is 1.21 bits per heavy atom. The molecule has 0 radical (unpaired) electrons. The number of nitrogens with one attached hydrogen (secondary N) is 1.